The second kappa shape index (κ2) is 7.25. The Morgan fingerprint density at radius 2 is 1.88 bits per heavy atom. The van der Waals surface area contributed by atoms with E-state index in [1.807, 2.05) is 31.2 Å². The minimum atomic E-state index is -1.29. The van der Waals surface area contributed by atoms with E-state index < -0.39 is 28.0 Å². The van der Waals surface area contributed by atoms with Crippen LogP contribution in [0.15, 0.2) is 36.5 Å². The highest BCUT2D eigenvalue weighted by Gasteiger charge is 2.23. The predicted octanol–water partition coefficient (Wildman–Crippen LogP) is 2.65. The average Bonchev–Trinajstić information content (AvgIpc) is 2.95. The summed E-state index contributed by atoms with van der Waals surface area (Å²) in [5.41, 5.74) is 2.46. The van der Waals surface area contributed by atoms with Gasteiger partial charge in [0, 0.05) is 18.7 Å². The first kappa shape index (κ1) is 18.1. The maximum atomic E-state index is 12.3. The molecule has 132 valence electrons. The van der Waals surface area contributed by atoms with Crippen molar-refractivity contribution in [3.8, 4) is 17.3 Å². The third-order valence-electron chi connectivity index (χ3n) is 3.90. The lowest BCUT2D eigenvalue weighted by Gasteiger charge is -2.18. The highest BCUT2D eigenvalue weighted by Crippen LogP contribution is 2.31. The highest BCUT2D eigenvalue weighted by molar-refractivity contribution is 7.91. The predicted molar refractivity (Wildman–Crippen MR) is 101 cm³/mol. The van der Waals surface area contributed by atoms with Gasteiger partial charge in [0.2, 0.25) is 5.82 Å². The molecule has 3 unspecified atom stereocenters. The van der Waals surface area contributed by atoms with Crippen molar-refractivity contribution >= 4 is 33.6 Å². The van der Waals surface area contributed by atoms with Crippen molar-refractivity contribution in [1.29, 1.82) is 0 Å². The molecule has 3 aromatic rings. The monoisotopic (exact) mass is 377 g/mol. The number of para-hydroxylation sites is 2. The van der Waals surface area contributed by atoms with Gasteiger partial charge in [0.05, 0.1) is 23.1 Å². The summed E-state index contributed by atoms with van der Waals surface area (Å²) in [5.74, 6) is 1.11. The van der Waals surface area contributed by atoms with Crippen LogP contribution in [0.2, 0.25) is 0 Å². The van der Waals surface area contributed by atoms with E-state index in [4.69, 9.17) is 4.74 Å². The largest absolute Gasteiger partial charge is 0.614 e. The van der Waals surface area contributed by atoms with Gasteiger partial charge in [-0.25, -0.2) is 4.98 Å². The average molecular weight is 377 g/mol. The van der Waals surface area contributed by atoms with Gasteiger partial charge in [-0.05, 0) is 36.3 Å². The van der Waals surface area contributed by atoms with E-state index >= 15 is 0 Å². The number of fused-ring (bicyclic) bond motifs is 1. The number of ether oxygens (including phenoxy) is 1. The first-order chi connectivity index (χ1) is 11.9. The topological polar surface area (TPSA) is 86.1 Å². The summed E-state index contributed by atoms with van der Waals surface area (Å²) >= 11 is -2.40. The fourth-order valence-electron chi connectivity index (χ4n) is 2.53. The lowest BCUT2D eigenvalue weighted by Crippen LogP contribution is -2.23. The summed E-state index contributed by atoms with van der Waals surface area (Å²) in [4.78, 5) is 9.04. The van der Waals surface area contributed by atoms with Crippen molar-refractivity contribution < 1.29 is 13.8 Å². The summed E-state index contributed by atoms with van der Waals surface area (Å²) < 4.78 is 31.4. The van der Waals surface area contributed by atoms with Crippen LogP contribution >= 0.6 is 0 Å². The number of aromatic nitrogens is 3. The van der Waals surface area contributed by atoms with Gasteiger partial charge in [-0.1, -0.05) is 12.1 Å². The minimum Gasteiger partial charge on any atom is -0.614 e. The fourth-order valence-corrected chi connectivity index (χ4v) is 3.57. The molecule has 0 radical (unpaired) electrons. The summed E-state index contributed by atoms with van der Waals surface area (Å²) in [7, 11) is 0. The quantitative estimate of drug-likeness (QED) is 0.638. The van der Waals surface area contributed by atoms with E-state index in [0.717, 1.165) is 16.6 Å². The summed E-state index contributed by atoms with van der Waals surface area (Å²) in [6.07, 6.45) is 4.82. The second-order valence-electron chi connectivity index (χ2n) is 5.61. The van der Waals surface area contributed by atoms with Crippen molar-refractivity contribution in [2.45, 2.75) is 19.3 Å². The molecule has 0 aliphatic carbocycles. The van der Waals surface area contributed by atoms with Crippen LogP contribution in [0.4, 0.5) is 0 Å². The Morgan fingerprint density at radius 1 is 1.16 bits per heavy atom. The van der Waals surface area contributed by atoms with Gasteiger partial charge in [-0.2, -0.15) is 0 Å². The van der Waals surface area contributed by atoms with Gasteiger partial charge in [0.25, 0.3) is 5.44 Å². The van der Waals surface area contributed by atoms with Crippen LogP contribution in [0, 0.1) is 6.92 Å². The van der Waals surface area contributed by atoms with Crippen LogP contribution in [0.5, 0.6) is 5.75 Å². The minimum absolute atomic E-state index is 0.437. The molecule has 6 nitrogen and oxygen atoms in total. The van der Waals surface area contributed by atoms with E-state index in [1.165, 1.54) is 0 Å². The van der Waals surface area contributed by atoms with Crippen LogP contribution < -0.4 is 4.74 Å². The first-order valence-corrected chi connectivity index (χ1v) is 10.8. The first-order valence-electron chi connectivity index (χ1n) is 7.66. The van der Waals surface area contributed by atoms with Crippen molar-refractivity contribution in [1.82, 2.24) is 13.9 Å². The molecule has 0 saturated carbocycles. The molecule has 0 aliphatic rings. The molecule has 0 saturated heterocycles. The van der Waals surface area contributed by atoms with Crippen LogP contribution in [0.25, 0.3) is 22.6 Å². The molecular formula is C17H19N3O3S2. The van der Waals surface area contributed by atoms with Crippen molar-refractivity contribution in [3.63, 3.8) is 0 Å². The SMILES string of the molecule is Cc1c(OC(C)[S+](C)[O-])ccnc1-c1nc2ccccc2n1[S+](C)[O-]. The molecule has 0 aliphatic heterocycles. The highest BCUT2D eigenvalue weighted by atomic mass is 32.2. The molecule has 0 N–H and O–H groups in total. The maximum absolute atomic E-state index is 12.3. The molecule has 3 atom stereocenters. The third-order valence-corrected chi connectivity index (χ3v) is 5.82. The van der Waals surface area contributed by atoms with E-state index in [2.05, 4.69) is 9.97 Å². The lowest BCUT2D eigenvalue weighted by molar-refractivity contribution is 0.291. The number of benzene rings is 1. The fraction of sp³-hybridized carbons (Fsp3) is 0.294. The normalized spacial score (nSPS) is 15.1. The molecule has 0 fully saturated rings. The maximum Gasteiger partial charge on any atom is 0.251 e. The number of nitrogens with zero attached hydrogens (tertiary/aromatic N) is 3. The summed E-state index contributed by atoms with van der Waals surface area (Å²) in [6, 6.07) is 9.26. The third kappa shape index (κ3) is 3.48. The molecule has 2 aromatic heterocycles. The van der Waals surface area contributed by atoms with Gasteiger partial charge in [-0.15, -0.1) is 3.97 Å². The number of imidazole rings is 1. The van der Waals surface area contributed by atoms with E-state index in [1.54, 1.807) is 35.7 Å². The number of rotatable bonds is 5. The Hall–Kier alpha value is -1.74. The van der Waals surface area contributed by atoms with E-state index in [0.29, 0.717) is 17.3 Å². The van der Waals surface area contributed by atoms with Crippen LogP contribution in [-0.2, 0) is 22.5 Å². The zero-order chi connectivity index (χ0) is 18.1. The molecule has 1 aromatic carbocycles. The molecule has 3 rings (SSSR count). The molecule has 2 heterocycles. The molecule has 25 heavy (non-hydrogen) atoms. The van der Waals surface area contributed by atoms with E-state index in [9.17, 15) is 9.11 Å². The van der Waals surface area contributed by atoms with Gasteiger partial charge in [0.1, 0.15) is 23.2 Å². The Balaban J connectivity index is 2.14. The van der Waals surface area contributed by atoms with E-state index in [-0.39, 0.29) is 0 Å². The zero-order valence-electron chi connectivity index (χ0n) is 14.4. The van der Waals surface area contributed by atoms with Crippen LogP contribution in [0.3, 0.4) is 0 Å². The standard InChI is InChI=1S/C17H19N3O3S2/c1-11-15(23-12(2)24(3)21)9-10-18-16(11)17-19-13-7-5-6-8-14(13)20(17)25(4)22/h5-10,12H,1-4H3. The molecule has 0 amide bonds. The Labute approximate surface area is 152 Å². The Kier molecular flexibility index (Phi) is 5.24. The Bertz CT molecular complexity index is 896. The van der Waals surface area contributed by atoms with Gasteiger partial charge >= 0.3 is 0 Å². The van der Waals surface area contributed by atoms with Crippen molar-refractivity contribution in [2.24, 2.45) is 0 Å². The van der Waals surface area contributed by atoms with Gasteiger partial charge < -0.3 is 13.8 Å². The lowest BCUT2D eigenvalue weighted by atomic mass is 10.2. The number of pyridine rings is 1. The molecule has 0 spiro atoms. The summed E-state index contributed by atoms with van der Waals surface area (Å²) in [5, 5.41) is 0. The number of hydrogen-bond acceptors (Lipinski definition) is 5. The summed E-state index contributed by atoms with van der Waals surface area (Å²) in [6.45, 7) is 3.62. The Morgan fingerprint density at radius 3 is 2.56 bits per heavy atom. The molecular weight excluding hydrogens is 358 g/mol. The molecule has 8 heteroatoms. The molecule has 0 bridgehead atoms. The number of hydrogen-bond donors (Lipinski definition) is 0. The zero-order valence-corrected chi connectivity index (χ0v) is 16.1. The van der Waals surface area contributed by atoms with Crippen molar-refractivity contribution in [2.75, 3.05) is 12.5 Å². The van der Waals surface area contributed by atoms with Crippen molar-refractivity contribution in [3.05, 3.63) is 42.1 Å². The van der Waals surface area contributed by atoms with Crippen LogP contribution in [0.1, 0.15) is 12.5 Å². The van der Waals surface area contributed by atoms with Crippen LogP contribution in [-0.4, -0.2) is 41.0 Å². The smallest absolute Gasteiger partial charge is 0.251 e. The second-order valence-corrected chi connectivity index (χ2v) is 8.48. The van der Waals surface area contributed by atoms with Gasteiger partial charge in [0.15, 0.2) is 0 Å². The van der Waals surface area contributed by atoms with Gasteiger partial charge in [-0.3, -0.25) is 4.98 Å².